The van der Waals surface area contributed by atoms with E-state index >= 15 is 0 Å². The van der Waals surface area contributed by atoms with E-state index in [9.17, 15) is 0 Å². The Bertz CT molecular complexity index is 627. The van der Waals surface area contributed by atoms with Gasteiger partial charge in [0.2, 0.25) is 0 Å². The zero-order chi connectivity index (χ0) is 20.5. The zero-order valence-electron chi connectivity index (χ0n) is 18.1. The minimum Gasteiger partial charge on any atom is -0.497 e. The lowest BCUT2D eigenvalue weighted by molar-refractivity contribution is 0.0168. The topological polar surface area (TPSA) is 58.6 Å². The Labute approximate surface area is 175 Å². The monoisotopic (exact) mass is 404 g/mol. The molecule has 1 aromatic rings. The van der Waals surface area contributed by atoms with Gasteiger partial charge >= 0.3 is 0 Å². The van der Waals surface area contributed by atoms with Crippen molar-refractivity contribution >= 4 is 5.96 Å². The maximum Gasteiger partial charge on any atom is 0.193 e. The summed E-state index contributed by atoms with van der Waals surface area (Å²) >= 11 is 0. The van der Waals surface area contributed by atoms with Crippen molar-refractivity contribution < 1.29 is 14.2 Å². The summed E-state index contributed by atoms with van der Waals surface area (Å²) < 4.78 is 16.7. The summed E-state index contributed by atoms with van der Waals surface area (Å²) in [5.74, 6) is 2.58. The number of aliphatic imine (C=N–C) groups is 1. The predicted molar refractivity (Wildman–Crippen MR) is 116 cm³/mol. The van der Waals surface area contributed by atoms with Gasteiger partial charge in [0.1, 0.15) is 5.75 Å². The van der Waals surface area contributed by atoms with Crippen molar-refractivity contribution in [2.24, 2.45) is 10.9 Å². The molecule has 2 fully saturated rings. The highest BCUT2D eigenvalue weighted by Gasteiger charge is 2.24. The third-order valence-corrected chi connectivity index (χ3v) is 5.64. The number of nitrogens with zero attached hydrogens (tertiary/aromatic N) is 3. The van der Waals surface area contributed by atoms with Gasteiger partial charge in [-0.05, 0) is 36.5 Å². The van der Waals surface area contributed by atoms with Gasteiger partial charge in [-0.2, -0.15) is 0 Å². The number of nitrogens with one attached hydrogen (secondary N) is 1. The van der Waals surface area contributed by atoms with Crippen molar-refractivity contribution in [3.63, 3.8) is 0 Å². The van der Waals surface area contributed by atoms with Crippen LogP contribution in [0.2, 0.25) is 0 Å². The number of ether oxygens (including phenoxy) is 3. The highest BCUT2D eigenvalue weighted by molar-refractivity contribution is 5.79. The summed E-state index contributed by atoms with van der Waals surface area (Å²) in [6.45, 7) is 6.67. The molecule has 1 saturated heterocycles. The number of hydrogen-bond donors (Lipinski definition) is 1. The molecule has 1 saturated carbocycles. The van der Waals surface area contributed by atoms with E-state index in [1.165, 1.54) is 18.4 Å². The van der Waals surface area contributed by atoms with E-state index < -0.39 is 0 Å². The first-order valence-electron chi connectivity index (χ1n) is 10.7. The fourth-order valence-electron chi connectivity index (χ4n) is 3.59. The molecule has 0 bridgehead atoms. The second-order valence-electron chi connectivity index (χ2n) is 7.81. The predicted octanol–water partition coefficient (Wildman–Crippen LogP) is 2.00. The Kier molecular flexibility index (Phi) is 8.58. The second kappa shape index (κ2) is 11.4. The first-order chi connectivity index (χ1) is 14.2. The molecule has 1 heterocycles. The van der Waals surface area contributed by atoms with E-state index in [0.717, 1.165) is 70.2 Å². The van der Waals surface area contributed by atoms with Gasteiger partial charge in [-0.15, -0.1) is 0 Å². The first kappa shape index (κ1) is 21.9. The average molecular weight is 405 g/mol. The van der Waals surface area contributed by atoms with Crippen molar-refractivity contribution in [3.05, 3.63) is 29.8 Å². The van der Waals surface area contributed by atoms with Crippen molar-refractivity contribution in [2.75, 3.05) is 73.8 Å². The smallest absolute Gasteiger partial charge is 0.193 e. The number of guanidine groups is 1. The maximum absolute atomic E-state index is 5.78. The third-order valence-electron chi connectivity index (χ3n) is 5.64. The lowest BCUT2D eigenvalue weighted by Crippen LogP contribution is -2.47. The molecule has 7 heteroatoms. The molecule has 1 atom stereocenters. The molecule has 0 radical (unpaired) electrons. The lowest BCUT2D eigenvalue weighted by Gasteiger charge is -2.35. The quantitative estimate of drug-likeness (QED) is 0.366. The molecular weight excluding hydrogens is 368 g/mol. The maximum atomic E-state index is 5.78. The van der Waals surface area contributed by atoms with E-state index in [2.05, 4.69) is 39.3 Å². The molecular formula is C22H36N4O3. The van der Waals surface area contributed by atoms with Crippen LogP contribution in [0.5, 0.6) is 5.75 Å². The molecule has 1 aromatic carbocycles. The van der Waals surface area contributed by atoms with Gasteiger partial charge in [0.05, 0.1) is 33.0 Å². The Morgan fingerprint density at radius 3 is 2.62 bits per heavy atom. The molecule has 162 valence electrons. The summed E-state index contributed by atoms with van der Waals surface area (Å²) in [5, 5.41) is 3.56. The summed E-state index contributed by atoms with van der Waals surface area (Å²) in [6, 6.07) is 8.61. The van der Waals surface area contributed by atoms with E-state index in [1.807, 2.05) is 19.2 Å². The summed E-state index contributed by atoms with van der Waals surface area (Å²) in [5.41, 5.74) is 1.27. The highest BCUT2D eigenvalue weighted by Crippen LogP contribution is 2.28. The molecule has 2 aliphatic rings. The van der Waals surface area contributed by atoms with Gasteiger partial charge in [-0.1, -0.05) is 12.1 Å². The molecule has 29 heavy (non-hydrogen) atoms. The SMILES string of the molecule is CN=C(NCC(c1ccc(OC)cc1)N1CCOCC1)N(C)CCOCC1CC1. The zero-order valence-corrected chi connectivity index (χ0v) is 18.1. The molecule has 1 aliphatic carbocycles. The standard InChI is InChI=1S/C22H36N4O3/c1-23-22(25(2)10-13-29-17-18-4-5-18)24-16-21(26-11-14-28-15-12-26)19-6-8-20(27-3)9-7-19/h6-9,18,21H,4-5,10-17H2,1-3H3,(H,23,24). The van der Waals surface area contributed by atoms with Crippen LogP contribution in [0.3, 0.4) is 0 Å². The second-order valence-corrected chi connectivity index (χ2v) is 7.81. The summed E-state index contributed by atoms with van der Waals surface area (Å²) in [6.07, 6.45) is 2.65. The fourth-order valence-corrected chi connectivity index (χ4v) is 3.59. The van der Waals surface area contributed by atoms with Gasteiger partial charge in [-0.3, -0.25) is 9.89 Å². The minimum absolute atomic E-state index is 0.251. The first-order valence-corrected chi connectivity index (χ1v) is 10.7. The van der Waals surface area contributed by atoms with Gasteiger partial charge in [-0.25, -0.2) is 0 Å². The number of benzene rings is 1. The number of methoxy groups -OCH3 is 1. The van der Waals surface area contributed by atoms with Crippen molar-refractivity contribution in [3.8, 4) is 5.75 Å². The molecule has 3 rings (SSSR count). The van der Waals surface area contributed by atoms with Crippen LogP contribution >= 0.6 is 0 Å². The molecule has 1 aliphatic heterocycles. The van der Waals surface area contributed by atoms with Crippen LogP contribution in [0.15, 0.2) is 29.3 Å². The van der Waals surface area contributed by atoms with Crippen LogP contribution in [0.1, 0.15) is 24.4 Å². The van der Waals surface area contributed by atoms with Crippen LogP contribution in [-0.4, -0.2) is 89.6 Å². The Balaban J connectivity index is 1.56. The van der Waals surface area contributed by atoms with Crippen LogP contribution in [0, 0.1) is 5.92 Å². The lowest BCUT2D eigenvalue weighted by atomic mass is 10.0. The van der Waals surface area contributed by atoms with Crippen LogP contribution in [0.4, 0.5) is 0 Å². The molecule has 0 spiro atoms. The normalized spacial score (nSPS) is 19.1. The summed E-state index contributed by atoms with van der Waals surface area (Å²) in [7, 11) is 5.60. The number of likely N-dealkylation sites (N-methyl/N-ethyl adjacent to an activating group) is 1. The number of rotatable bonds is 10. The minimum atomic E-state index is 0.251. The molecule has 0 aromatic heterocycles. The fraction of sp³-hybridized carbons (Fsp3) is 0.682. The third kappa shape index (κ3) is 6.87. The van der Waals surface area contributed by atoms with E-state index in [-0.39, 0.29) is 6.04 Å². The van der Waals surface area contributed by atoms with Crippen LogP contribution in [-0.2, 0) is 9.47 Å². The molecule has 1 N–H and O–H groups in total. The average Bonchev–Trinajstić information content (AvgIpc) is 3.59. The number of hydrogen-bond acceptors (Lipinski definition) is 5. The van der Waals surface area contributed by atoms with E-state index in [1.54, 1.807) is 7.11 Å². The highest BCUT2D eigenvalue weighted by atomic mass is 16.5. The van der Waals surface area contributed by atoms with Crippen molar-refractivity contribution in [2.45, 2.75) is 18.9 Å². The Morgan fingerprint density at radius 2 is 2.00 bits per heavy atom. The molecule has 7 nitrogen and oxygen atoms in total. The van der Waals surface area contributed by atoms with Crippen LogP contribution < -0.4 is 10.1 Å². The van der Waals surface area contributed by atoms with Crippen molar-refractivity contribution in [1.29, 1.82) is 0 Å². The van der Waals surface area contributed by atoms with Gasteiger partial charge in [0.25, 0.3) is 0 Å². The largest absolute Gasteiger partial charge is 0.497 e. The molecule has 0 amide bonds. The Hall–Kier alpha value is -1.83. The van der Waals surface area contributed by atoms with Gasteiger partial charge < -0.3 is 24.4 Å². The van der Waals surface area contributed by atoms with E-state index in [0.29, 0.717) is 0 Å². The Morgan fingerprint density at radius 1 is 1.28 bits per heavy atom. The van der Waals surface area contributed by atoms with Gasteiger partial charge in [0.15, 0.2) is 5.96 Å². The molecule has 1 unspecified atom stereocenters. The van der Waals surface area contributed by atoms with Crippen molar-refractivity contribution in [1.82, 2.24) is 15.1 Å². The van der Waals surface area contributed by atoms with Crippen LogP contribution in [0.25, 0.3) is 0 Å². The number of morpholine rings is 1. The van der Waals surface area contributed by atoms with Gasteiger partial charge in [0, 0.05) is 46.9 Å². The summed E-state index contributed by atoms with van der Waals surface area (Å²) in [4.78, 5) is 9.08. The van der Waals surface area contributed by atoms with E-state index in [4.69, 9.17) is 14.2 Å².